The van der Waals surface area contributed by atoms with Gasteiger partial charge in [0.2, 0.25) is 0 Å². The molecule has 0 amide bonds. The van der Waals surface area contributed by atoms with Gasteiger partial charge in [-0.15, -0.1) is 0 Å². The van der Waals surface area contributed by atoms with E-state index in [9.17, 15) is 4.79 Å². The van der Waals surface area contributed by atoms with Gasteiger partial charge in [-0.2, -0.15) is 0 Å². The Labute approximate surface area is 93.5 Å². The van der Waals surface area contributed by atoms with Gasteiger partial charge in [0.15, 0.2) is 11.5 Å². The van der Waals surface area contributed by atoms with Gasteiger partial charge in [0.1, 0.15) is 0 Å². The Hall–Kier alpha value is -2.10. The van der Waals surface area contributed by atoms with Gasteiger partial charge >= 0.3 is 5.97 Å². The molecule has 0 aliphatic carbocycles. The van der Waals surface area contributed by atoms with E-state index in [1.807, 2.05) is 44.2 Å². The first-order valence-corrected chi connectivity index (χ1v) is 5.03. The van der Waals surface area contributed by atoms with E-state index in [4.69, 9.17) is 9.63 Å². The minimum absolute atomic E-state index is 0.0798. The summed E-state index contributed by atoms with van der Waals surface area (Å²) in [7, 11) is 0. The highest BCUT2D eigenvalue weighted by Crippen LogP contribution is 2.19. The van der Waals surface area contributed by atoms with Gasteiger partial charge in [-0.25, -0.2) is 4.79 Å². The minimum Gasteiger partial charge on any atom is -0.476 e. The average molecular weight is 219 g/mol. The van der Waals surface area contributed by atoms with E-state index in [0.717, 1.165) is 5.56 Å². The van der Waals surface area contributed by atoms with Crippen LogP contribution in [0.4, 0.5) is 0 Å². The van der Waals surface area contributed by atoms with E-state index < -0.39 is 5.97 Å². The van der Waals surface area contributed by atoms with Gasteiger partial charge < -0.3 is 9.63 Å². The molecule has 0 saturated heterocycles. The van der Waals surface area contributed by atoms with Crippen molar-refractivity contribution >= 4 is 5.97 Å². The number of nitrogens with zero attached hydrogens (tertiary/aromatic N) is 1. The maximum Gasteiger partial charge on any atom is 0.358 e. The van der Waals surface area contributed by atoms with E-state index in [1.165, 1.54) is 6.07 Å². The number of carboxylic acids is 1. The van der Waals surface area contributed by atoms with Crippen molar-refractivity contribution in [3.05, 3.63) is 42.1 Å². The molecule has 0 aliphatic heterocycles. The Kier molecular flexibility index (Phi) is 4.27. The third kappa shape index (κ3) is 2.70. The Morgan fingerprint density at radius 1 is 1.25 bits per heavy atom. The zero-order chi connectivity index (χ0) is 12.0. The number of carboxylic acid groups (broad SMARTS) is 1. The molecule has 2 aromatic rings. The van der Waals surface area contributed by atoms with Crippen LogP contribution in [0.1, 0.15) is 24.3 Å². The lowest BCUT2D eigenvalue weighted by Gasteiger charge is -1.91. The lowest BCUT2D eigenvalue weighted by molar-refractivity contribution is 0.0686. The summed E-state index contributed by atoms with van der Waals surface area (Å²) in [5.41, 5.74) is 0.733. The molecule has 2 rings (SSSR count). The average Bonchev–Trinajstić information content (AvgIpc) is 2.82. The first-order valence-electron chi connectivity index (χ1n) is 5.03. The van der Waals surface area contributed by atoms with Crippen LogP contribution in [0.5, 0.6) is 0 Å². The Balaban J connectivity index is 0.000000606. The van der Waals surface area contributed by atoms with Gasteiger partial charge in [0.05, 0.1) is 0 Å². The molecule has 0 saturated carbocycles. The summed E-state index contributed by atoms with van der Waals surface area (Å²) in [6, 6.07) is 10.6. The molecule has 1 heterocycles. The van der Waals surface area contributed by atoms with Crippen molar-refractivity contribution in [2.75, 3.05) is 0 Å². The number of aromatic carboxylic acids is 1. The topological polar surface area (TPSA) is 63.3 Å². The van der Waals surface area contributed by atoms with Gasteiger partial charge in [-0.3, -0.25) is 0 Å². The maximum absolute atomic E-state index is 10.5. The van der Waals surface area contributed by atoms with Crippen LogP contribution in [0.3, 0.4) is 0 Å². The largest absolute Gasteiger partial charge is 0.476 e. The fourth-order valence-electron chi connectivity index (χ4n) is 1.11. The van der Waals surface area contributed by atoms with Crippen LogP contribution < -0.4 is 0 Å². The lowest BCUT2D eigenvalue weighted by atomic mass is 10.2. The number of carbonyl (C=O) groups is 1. The molecule has 4 nitrogen and oxygen atoms in total. The molecule has 4 heteroatoms. The summed E-state index contributed by atoms with van der Waals surface area (Å²) >= 11 is 0. The van der Waals surface area contributed by atoms with Gasteiger partial charge in [-0.1, -0.05) is 49.3 Å². The number of rotatable bonds is 2. The molecule has 0 aliphatic rings. The van der Waals surface area contributed by atoms with Crippen molar-refractivity contribution in [3.63, 3.8) is 0 Å². The number of benzene rings is 1. The van der Waals surface area contributed by atoms with E-state index in [0.29, 0.717) is 5.76 Å². The fraction of sp³-hybridized carbons (Fsp3) is 0.167. The van der Waals surface area contributed by atoms with E-state index in [2.05, 4.69) is 5.16 Å². The van der Waals surface area contributed by atoms with Crippen LogP contribution in [0.25, 0.3) is 11.3 Å². The molecule has 0 radical (unpaired) electrons. The van der Waals surface area contributed by atoms with Crippen LogP contribution in [0, 0.1) is 0 Å². The zero-order valence-corrected chi connectivity index (χ0v) is 9.18. The minimum atomic E-state index is -1.09. The Morgan fingerprint density at radius 2 is 1.88 bits per heavy atom. The molecule has 0 atom stereocenters. The summed E-state index contributed by atoms with van der Waals surface area (Å²) < 4.78 is 4.88. The first-order chi connectivity index (χ1) is 7.77. The van der Waals surface area contributed by atoms with Gasteiger partial charge in [-0.05, 0) is 0 Å². The van der Waals surface area contributed by atoms with E-state index >= 15 is 0 Å². The van der Waals surface area contributed by atoms with Crippen LogP contribution in [0.15, 0.2) is 40.9 Å². The summed E-state index contributed by atoms with van der Waals surface area (Å²) in [4.78, 5) is 10.5. The van der Waals surface area contributed by atoms with Crippen LogP contribution in [-0.4, -0.2) is 16.2 Å². The molecule has 0 unspecified atom stereocenters. The third-order valence-electron chi connectivity index (χ3n) is 1.79. The highest BCUT2D eigenvalue weighted by atomic mass is 16.5. The van der Waals surface area contributed by atoms with Crippen LogP contribution in [0.2, 0.25) is 0 Å². The van der Waals surface area contributed by atoms with E-state index in [1.54, 1.807) is 0 Å². The highest BCUT2D eigenvalue weighted by Gasteiger charge is 2.11. The molecular formula is C12H13NO3. The van der Waals surface area contributed by atoms with Gasteiger partial charge in [0, 0.05) is 11.6 Å². The molecule has 1 N–H and O–H groups in total. The Bertz CT molecular complexity index is 448. The quantitative estimate of drug-likeness (QED) is 0.843. The van der Waals surface area contributed by atoms with Crippen molar-refractivity contribution in [2.24, 2.45) is 0 Å². The summed E-state index contributed by atoms with van der Waals surface area (Å²) in [5.74, 6) is -0.626. The van der Waals surface area contributed by atoms with Crippen molar-refractivity contribution < 1.29 is 14.4 Å². The smallest absolute Gasteiger partial charge is 0.358 e. The molecule has 0 spiro atoms. The second-order valence-corrected chi connectivity index (χ2v) is 2.75. The standard InChI is InChI=1S/C10H7NO3.C2H6/c12-10(13)8-6-9(14-11-8)7-4-2-1-3-5-7;1-2/h1-6H,(H,12,13);1-2H3. The van der Waals surface area contributed by atoms with Crippen LogP contribution in [-0.2, 0) is 0 Å². The van der Waals surface area contributed by atoms with Crippen molar-refractivity contribution in [3.8, 4) is 11.3 Å². The normalized spacial score (nSPS) is 9.12. The summed E-state index contributed by atoms with van der Waals surface area (Å²) in [6.07, 6.45) is 0. The zero-order valence-electron chi connectivity index (χ0n) is 9.18. The molecule has 1 aromatic heterocycles. The van der Waals surface area contributed by atoms with Crippen molar-refractivity contribution in [1.29, 1.82) is 0 Å². The van der Waals surface area contributed by atoms with Crippen molar-refractivity contribution in [1.82, 2.24) is 5.16 Å². The summed E-state index contributed by atoms with van der Waals surface area (Å²) in [5, 5.41) is 12.0. The number of hydrogen-bond donors (Lipinski definition) is 1. The predicted octanol–water partition coefficient (Wildman–Crippen LogP) is 3.07. The summed E-state index contributed by atoms with van der Waals surface area (Å²) in [6.45, 7) is 4.00. The predicted molar refractivity (Wildman–Crippen MR) is 60.2 cm³/mol. The Morgan fingerprint density at radius 3 is 2.38 bits per heavy atom. The first kappa shape index (κ1) is 12.0. The fourth-order valence-corrected chi connectivity index (χ4v) is 1.11. The molecule has 1 aromatic carbocycles. The molecular weight excluding hydrogens is 206 g/mol. The number of hydrogen-bond acceptors (Lipinski definition) is 3. The molecule has 84 valence electrons. The SMILES string of the molecule is CC.O=C(O)c1cc(-c2ccccc2)on1. The monoisotopic (exact) mass is 219 g/mol. The lowest BCUT2D eigenvalue weighted by Crippen LogP contribution is -1.94. The second kappa shape index (κ2) is 5.70. The highest BCUT2D eigenvalue weighted by molar-refractivity contribution is 5.86. The molecule has 16 heavy (non-hydrogen) atoms. The molecule has 0 bridgehead atoms. The van der Waals surface area contributed by atoms with E-state index in [-0.39, 0.29) is 5.69 Å². The third-order valence-corrected chi connectivity index (χ3v) is 1.79. The van der Waals surface area contributed by atoms with Crippen molar-refractivity contribution in [2.45, 2.75) is 13.8 Å². The number of aromatic nitrogens is 1. The van der Waals surface area contributed by atoms with Crippen LogP contribution >= 0.6 is 0 Å². The van der Waals surface area contributed by atoms with Gasteiger partial charge in [0.25, 0.3) is 0 Å². The maximum atomic E-state index is 10.5. The second-order valence-electron chi connectivity index (χ2n) is 2.75. The molecule has 0 fully saturated rings.